The molecular formula is C18H22FN3O3. The smallest absolute Gasteiger partial charge is 0.257 e. The molecular weight excluding hydrogens is 325 g/mol. The molecule has 0 spiro atoms. The third-order valence-corrected chi connectivity index (χ3v) is 4.65. The van der Waals surface area contributed by atoms with Crippen LogP contribution in [0.15, 0.2) is 30.5 Å². The molecule has 1 atom stereocenters. The van der Waals surface area contributed by atoms with E-state index in [9.17, 15) is 9.18 Å². The number of hydrogen-bond donors (Lipinski definition) is 1. The molecule has 0 unspecified atom stereocenters. The molecule has 7 heteroatoms. The quantitative estimate of drug-likeness (QED) is 0.871. The Balaban J connectivity index is 1.65. The number of carbonyl (C=O) groups excluding carboxylic acids is 1. The minimum absolute atomic E-state index is 0.0497. The third kappa shape index (κ3) is 3.66. The molecule has 1 fully saturated rings. The monoisotopic (exact) mass is 347 g/mol. The first kappa shape index (κ1) is 17.4. The van der Waals surface area contributed by atoms with E-state index in [0.717, 1.165) is 12.1 Å². The molecule has 1 aliphatic rings. The maximum absolute atomic E-state index is 13.0. The van der Waals surface area contributed by atoms with E-state index in [1.54, 1.807) is 30.3 Å². The van der Waals surface area contributed by atoms with Gasteiger partial charge in [0.1, 0.15) is 23.8 Å². The number of aromatic nitrogens is 2. The Morgan fingerprint density at radius 3 is 2.84 bits per heavy atom. The third-order valence-electron chi connectivity index (χ3n) is 4.65. The molecule has 0 saturated carbocycles. The van der Waals surface area contributed by atoms with Crippen molar-refractivity contribution < 1.29 is 18.7 Å². The van der Waals surface area contributed by atoms with Crippen molar-refractivity contribution in [2.45, 2.75) is 25.4 Å². The lowest BCUT2D eigenvalue weighted by Crippen LogP contribution is -2.42. The van der Waals surface area contributed by atoms with Crippen molar-refractivity contribution in [2.75, 3.05) is 26.8 Å². The zero-order valence-electron chi connectivity index (χ0n) is 14.4. The summed E-state index contributed by atoms with van der Waals surface area (Å²) in [6, 6.07) is 5.86. The number of methoxy groups -OCH3 is 1. The van der Waals surface area contributed by atoms with Crippen LogP contribution in [0, 0.1) is 5.82 Å². The summed E-state index contributed by atoms with van der Waals surface area (Å²) in [6.07, 6.45) is 2.97. The lowest BCUT2D eigenvalue weighted by Gasteiger charge is -2.27. The van der Waals surface area contributed by atoms with Crippen molar-refractivity contribution in [2.24, 2.45) is 0 Å². The van der Waals surface area contributed by atoms with Gasteiger partial charge in [0, 0.05) is 19.3 Å². The minimum Gasteiger partial charge on any atom is -0.491 e. The number of carbonyl (C=O) groups is 1. The van der Waals surface area contributed by atoms with Crippen molar-refractivity contribution in [3.8, 4) is 5.75 Å². The first-order chi connectivity index (χ1) is 12.1. The van der Waals surface area contributed by atoms with Crippen LogP contribution in [0.1, 0.15) is 29.4 Å². The molecule has 1 aliphatic heterocycles. The highest BCUT2D eigenvalue weighted by Crippen LogP contribution is 2.28. The summed E-state index contributed by atoms with van der Waals surface area (Å²) in [5.74, 6) is 0.218. The lowest BCUT2D eigenvalue weighted by molar-refractivity contribution is -0.0342. The van der Waals surface area contributed by atoms with Gasteiger partial charge in [-0.1, -0.05) is 6.92 Å². The summed E-state index contributed by atoms with van der Waals surface area (Å²) in [5, 5.41) is 6.83. The summed E-state index contributed by atoms with van der Waals surface area (Å²) in [6.45, 7) is 3.31. The molecule has 0 radical (unpaired) electrons. The number of hydrogen-bond acceptors (Lipinski definition) is 4. The Morgan fingerprint density at radius 2 is 2.16 bits per heavy atom. The van der Waals surface area contributed by atoms with Crippen molar-refractivity contribution in [1.29, 1.82) is 0 Å². The topological polar surface area (TPSA) is 67.5 Å². The van der Waals surface area contributed by atoms with Crippen molar-refractivity contribution >= 4 is 5.91 Å². The Kier molecular flexibility index (Phi) is 5.03. The fraction of sp³-hybridized carbons (Fsp3) is 0.444. The van der Waals surface area contributed by atoms with Crippen molar-refractivity contribution in [3.05, 3.63) is 47.5 Å². The molecule has 3 rings (SSSR count). The van der Waals surface area contributed by atoms with E-state index in [1.807, 2.05) is 6.92 Å². The number of likely N-dealkylation sites (tertiary alicyclic amines) is 1. The first-order valence-corrected chi connectivity index (χ1v) is 8.32. The zero-order valence-corrected chi connectivity index (χ0v) is 14.4. The molecule has 6 nitrogen and oxygen atoms in total. The second-order valence-electron chi connectivity index (χ2n) is 6.22. The number of aryl methyl sites for hydroxylation is 1. The van der Waals surface area contributed by atoms with E-state index in [0.29, 0.717) is 37.4 Å². The van der Waals surface area contributed by atoms with Gasteiger partial charge in [-0.25, -0.2) is 4.39 Å². The van der Waals surface area contributed by atoms with Crippen molar-refractivity contribution in [3.63, 3.8) is 0 Å². The molecule has 0 aliphatic carbocycles. The van der Waals surface area contributed by atoms with Gasteiger partial charge in [-0.15, -0.1) is 0 Å². The van der Waals surface area contributed by atoms with Gasteiger partial charge in [-0.2, -0.15) is 5.10 Å². The number of amides is 1. The van der Waals surface area contributed by atoms with E-state index in [1.165, 1.54) is 12.1 Å². The van der Waals surface area contributed by atoms with Gasteiger partial charge in [-0.3, -0.25) is 9.89 Å². The van der Waals surface area contributed by atoms with Gasteiger partial charge in [-0.05, 0) is 37.1 Å². The second kappa shape index (κ2) is 7.23. The van der Waals surface area contributed by atoms with E-state index in [-0.39, 0.29) is 11.7 Å². The van der Waals surface area contributed by atoms with Crippen LogP contribution in [-0.4, -0.2) is 53.4 Å². The minimum atomic E-state index is -0.569. The average molecular weight is 347 g/mol. The van der Waals surface area contributed by atoms with E-state index < -0.39 is 5.60 Å². The van der Waals surface area contributed by atoms with Gasteiger partial charge >= 0.3 is 0 Å². The van der Waals surface area contributed by atoms with Crippen LogP contribution >= 0.6 is 0 Å². The molecule has 1 amide bonds. The predicted octanol–water partition coefficient (Wildman–Crippen LogP) is 2.42. The number of ether oxygens (including phenoxy) is 2. The highest BCUT2D eigenvalue weighted by molar-refractivity contribution is 5.95. The standard InChI is InChI=1S/C18H22FN3O3/c1-3-16-15(10-20-21-16)17(23)22-9-8-18(11-22,24-2)12-25-14-6-4-13(19)5-7-14/h4-7,10H,3,8-9,11-12H2,1-2H3,(H,20,21)/t18-/m1/s1. The molecule has 1 aromatic carbocycles. The van der Waals surface area contributed by atoms with Crippen LogP contribution < -0.4 is 4.74 Å². The summed E-state index contributed by atoms with van der Waals surface area (Å²) in [5.41, 5.74) is 0.872. The molecule has 134 valence electrons. The molecule has 25 heavy (non-hydrogen) atoms. The van der Waals surface area contributed by atoms with Crippen LogP contribution in [0.3, 0.4) is 0 Å². The van der Waals surface area contributed by atoms with Gasteiger partial charge in [0.25, 0.3) is 5.91 Å². The fourth-order valence-electron chi connectivity index (χ4n) is 3.04. The van der Waals surface area contributed by atoms with Gasteiger partial charge in [0.2, 0.25) is 0 Å². The highest BCUT2D eigenvalue weighted by Gasteiger charge is 2.41. The highest BCUT2D eigenvalue weighted by atomic mass is 19.1. The molecule has 1 N–H and O–H groups in total. The summed E-state index contributed by atoms with van der Waals surface area (Å²) in [4.78, 5) is 14.5. The summed E-state index contributed by atoms with van der Waals surface area (Å²) in [7, 11) is 1.62. The first-order valence-electron chi connectivity index (χ1n) is 8.32. The number of rotatable bonds is 6. The van der Waals surface area contributed by atoms with Crippen LogP contribution in [0.25, 0.3) is 0 Å². The Labute approximate surface area is 145 Å². The van der Waals surface area contributed by atoms with E-state index in [2.05, 4.69) is 10.2 Å². The maximum Gasteiger partial charge on any atom is 0.257 e. The molecule has 1 aromatic heterocycles. The van der Waals surface area contributed by atoms with Crippen LogP contribution in [0.5, 0.6) is 5.75 Å². The average Bonchev–Trinajstić information content (AvgIpc) is 3.28. The van der Waals surface area contributed by atoms with Gasteiger partial charge in [0.05, 0.1) is 18.3 Å². The fourth-order valence-corrected chi connectivity index (χ4v) is 3.04. The number of benzene rings is 1. The van der Waals surface area contributed by atoms with Crippen LogP contribution in [0.4, 0.5) is 4.39 Å². The Morgan fingerprint density at radius 1 is 1.40 bits per heavy atom. The molecule has 0 bridgehead atoms. The maximum atomic E-state index is 13.0. The zero-order chi connectivity index (χ0) is 17.9. The summed E-state index contributed by atoms with van der Waals surface area (Å²) < 4.78 is 24.4. The lowest BCUT2D eigenvalue weighted by atomic mass is 10.0. The SMILES string of the molecule is CCc1[nH]ncc1C(=O)N1CC[C@@](COc2ccc(F)cc2)(OC)C1. The van der Waals surface area contributed by atoms with Crippen LogP contribution in [-0.2, 0) is 11.2 Å². The van der Waals surface area contributed by atoms with Gasteiger partial charge in [0.15, 0.2) is 0 Å². The van der Waals surface area contributed by atoms with E-state index in [4.69, 9.17) is 9.47 Å². The molecule has 2 aromatic rings. The Bertz CT molecular complexity index is 731. The predicted molar refractivity (Wildman–Crippen MR) is 90.1 cm³/mol. The van der Waals surface area contributed by atoms with E-state index >= 15 is 0 Å². The molecule has 1 saturated heterocycles. The summed E-state index contributed by atoms with van der Waals surface area (Å²) >= 11 is 0. The molecule has 2 heterocycles. The number of nitrogens with zero attached hydrogens (tertiary/aromatic N) is 2. The van der Waals surface area contributed by atoms with Gasteiger partial charge < -0.3 is 14.4 Å². The van der Waals surface area contributed by atoms with Crippen molar-refractivity contribution in [1.82, 2.24) is 15.1 Å². The number of nitrogens with one attached hydrogen (secondary N) is 1. The Hall–Kier alpha value is -2.41. The van der Waals surface area contributed by atoms with Crippen LogP contribution in [0.2, 0.25) is 0 Å². The normalized spacial score (nSPS) is 20.0. The number of halogens is 1. The second-order valence-corrected chi connectivity index (χ2v) is 6.22. The number of aromatic amines is 1. The largest absolute Gasteiger partial charge is 0.491 e. The number of H-pyrrole nitrogens is 1.